The second kappa shape index (κ2) is 5.18. The molecule has 2 unspecified atom stereocenters. The highest BCUT2D eigenvalue weighted by atomic mass is 19.4. The van der Waals surface area contributed by atoms with Gasteiger partial charge in [0.2, 0.25) is 11.8 Å². The monoisotopic (exact) mass is 308 g/mol. The lowest BCUT2D eigenvalue weighted by molar-refractivity contribution is -0.181. The predicted molar refractivity (Wildman–Crippen MR) is 72.4 cm³/mol. The minimum Gasteiger partial charge on any atom is -0.342 e. The van der Waals surface area contributed by atoms with Gasteiger partial charge in [-0.15, -0.1) is 0 Å². The van der Waals surface area contributed by atoms with Crippen molar-refractivity contribution in [3.63, 3.8) is 0 Å². The van der Waals surface area contributed by atoms with E-state index in [1.165, 1.54) is 0 Å². The third kappa shape index (κ3) is 4.11. The fourth-order valence-electron chi connectivity index (χ4n) is 2.53. The summed E-state index contributed by atoms with van der Waals surface area (Å²) in [5.41, 5.74) is -1.44. The quantitative estimate of drug-likeness (QED) is 0.808. The number of carbonyl (C=O) groups excluding carboxylic acids is 2. The lowest BCUT2D eigenvalue weighted by atomic mass is 9.79. The summed E-state index contributed by atoms with van der Waals surface area (Å²) in [4.78, 5) is 25.4. The topological polar surface area (TPSA) is 49.4 Å². The Morgan fingerprint density at radius 2 is 1.48 bits per heavy atom. The standard InChI is InChI=1S/C14H23F3N2O2/c1-12(2,3)8-11(21)19(7-14(15,16)17)9(10(20)18-8)13(4,5)6/h8-9H,7H2,1-6H3,(H,18,20). The van der Waals surface area contributed by atoms with E-state index in [1.54, 1.807) is 41.5 Å². The minimum absolute atomic E-state index is 0.536. The van der Waals surface area contributed by atoms with E-state index < -0.39 is 47.4 Å². The van der Waals surface area contributed by atoms with Crippen LogP contribution < -0.4 is 5.32 Å². The highest BCUT2D eigenvalue weighted by Crippen LogP contribution is 2.34. The minimum atomic E-state index is -4.54. The van der Waals surface area contributed by atoms with Crippen molar-refractivity contribution in [2.45, 2.75) is 59.8 Å². The van der Waals surface area contributed by atoms with Gasteiger partial charge in [0, 0.05) is 0 Å². The summed E-state index contributed by atoms with van der Waals surface area (Å²) in [5, 5.41) is 2.58. The fraction of sp³-hybridized carbons (Fsp3) is 0.857. The Balaban J connectivity index is 3.24. The van der Waals surface area contributed by atoms with Gasteiger partial charge >= 0.3 is 6.18 Å². The van der Waals surface area contributed by atoms with Crippen molar-refractivity contribution >= 4 is 11.8 Å². The first-order valence-electron chi connectivity index (χ1n) is 6.82. The molecule has 1 aliphatic rings. The van der Waals surface area contributed by atoms with Gasteiger partial charge in [0.25, 0.3) is 0 Å². The van der Waals surface area contributed by atoms with Crippen LogP contribution >= 0.6 is 0 Å². The number of halogens is 3. The zero-order chi connectivity index (χ0) is 16.8. The van der Waals surface area contributed by atoms with Gasteiger partial charge in [-0.1, -0.05) is 41.5 Å². The molecule has 0 saturated carbocycles. The van der Waals surface area contributed by atoms with Gasteiger partial charge in [0.05, 0.1) is 0 Å². The molecule has 2 amide bonds. The van der Waals surface area contributed by atoms with Crippen LogP contribution in [-0.4, -0.2) is 41.5 Å². The van der Waals surface area contributed by atoms with E-state index >= 15 is 0 Å². The molecule has 0 aromatic carbocycles. The zero-order valence-corrected chi connectivity index (χ0v) is 13.3. The number of carbonyl (C=O) groups is 2. The summed E-state index contributed by atoms with van der Waals surface area (Å²) < 4.78 is 38.4. The molecular formula is C14H23F3N2O2. The van der Waals surface area contributed by atoms with E-state index in [-0.39, 0.29) is 0 Å². The molecule has 0 spiro atoms. The van der Waals surface area contributed by atoms with Crippen molar-refractivity contribution in [2.24, 2.45) is 10.8 Å². The Hall–Kier alpha value is -1.27. The molecule has 1 fully saturated rings. The lowest BCUT2D eigenvalue weighted by Gasteiger charge is -2.47. The predicted octanol–water partition coefficient (Wildman–Crippen LogP) is 2.34. The summed E-state index contributed by atoms with van der Waals surface area (Å²) >= 11 is 0. The Labute approximate surface area is 123 Å². The van der Waals surface area contributed by atoms with Gasteiger partial charge < -0.3 is 10.2 Å². The van der Waals surface area contributed by atoms with Gasteiger partial charge in [-0.2, -0.15) is 13.2 Å². The number of rotatable bonds is 1. The number of alkyl halides is 3. The number of hydrogen-bond donors (Lipinski definition) is 1. The highest BCUT2D eigenvalue weighted by molar-refractivity contribution is 5.97. The molecule has 4 nitrogen and oxygen atoms in total. The first kappa shape index (κ1) is 17.8. The van der Waals surface area contributed by atoms with Gasteiger partial charge in [0.15, 0.2) is 0 Å². The SMILES string of the molecule is CC(C)(C)C1NC(=O)C(C(C)(C)C)N(CC(F)(F)F)C1=O. The number of nitrogens with one attached hydrogen (secondary N) is 1. The number of amides is 2. The molecule has 7 heteroatoms. The van der Waals surface area contributed by atoms with Crippen LogP contribution in [0, 0.1) is 10.8 Å². The molecule has 0 radical (unpaired) electrons. The van der Waals surface area contributed by atoms with Crippen LogP contribution in [0.15, 0.2) is 0 Å². The van der Waals surface area contributed by atoms with Crippen molar-refractivity contribution in [3.8, 4) is 0 Å². The van der Waals surface area contributed by atoms with Crippen LogP contribution in [0.5, 0.6) is 0 Å². The van der Waals surface area contributed by atoms with Gasteiger partial charge in [-0.25, -0.2) is 0 Å². The van der Waals surface area contributed by atoms with E-state index in [0.29, 0.717) is 4.90 Å². The first-order valence-corrected chi connectivity index (χ1v) is 6.82. The van der Waals surface area contributed by atoms with Crippen LogP contribution in [0.25, 0.3) is 0 Å². The fourth-order valence-corrected chi connectivity index (χ4v) is 2.53. The van der Waals surface area contributed by atoms with Crippen molar-refractivity contribution < 1.29 is 22.8 Å². The number of piperazine rings is 1. The maximum atomic E-state index is 12.8. The summed E-state index contributed by atoms with van der Waals surface area (Å²) in [6.45, 7) is 8.65. The second-order valence-electron chi connectivity index (χ2n) is 7.66. The van der Waals surface area contributed by atoms with Crippen LogP contribution in [0.1, 0.15) is 41.5 Å². The molecule has 1 rings (SSSR count). The van der Waals surface area contributed by atoms with Crippen LogP contribution in [-0.2, 0) is 9.59 Å². The molecule has 1 saturated heterocycles. The van der Waals surface area contributed by atoms with E-state index in [9.17, 15) is 22.8 Å². The zero-order valence-electron chi connectivity index (χ0n) is 13.3. The molecule has 21 heavy (non-hydrogen) atoms. The molecule has 0 aromatic heterocycles. The Kier molecular flexibility index (Phi) is 4.38. The average molecular weight is 308 g/mol. The summed E-state index contributed by atoms with van der Waals surface area (Å²) in [7, 11) is 0. The summed E-state index contributed by atoms with van der Waals surface area (Å²) in [6.07, 6.45) is -4.54. The molecule has 0 aliphatic carbocycles. The van der Waals surface area contributed by atoms with E-state index in [2.05, 4.69) is 5.32 Å². The van der Waals surface area contributed by atoms with Gasteiger partial charge in [-0.3, -0.25) is 9.59 Å². The van der Waals surface area contributed by atoms with Crippen molar-refractivity contribution in [1.82, 2.24) is 10.2 Å². The Morgan fingerprint density at radius 3 is 1.81 bits per heavy atom. The first-order chi connectivity index (χ1) is 9.14. The largest absolute Gasteiger partial charge is 0.406 e. The normalized spacial score (nSPS) is 25.1. The number of nitrogens with zero attached hydrogens (tertiary/aromatic N) is 1. The van der Waals surface area contributed by atoms with E-state index in [0.717, 1.165) is 0 Å². The van der Waals surface area contributed by atoms with Crippen molar-refractivity contribution in [2.75, 3.05) is 6.54 Å². The molecule has 122 valence electrons. The lowest BCUT2D eigenvalue weighted by Crippen LogP contribution is -2.70. The molecule has 1 aliphatic heterocycles. The molecule has 0 bridgehead atoms. The van der Waals surface area contributed by atoms with Gasteiger partial charge in [0.1, 0.15) is 18.6 Å². The second-order valence-corrected chi connectivity index (χ2v) is 7.66. The van der Waals surface area contributed by atoms with Crippen LogP contribution in [0.4, 0.5) is 13.2 Å². The summed E-state index contributed by atoms with van der Waals surface area (Å²) in [5.74, 6) is -1.22. The maximum absolute atomic E-state index is 12.8. The molecular weight excluding hydrogens is 285 g/mol. The highest BCUT2D eigenvalue weighted by Gasteiger charge is 2.51. The van der Waals surface area contributed by atoms with Crippen molar-refractivity contribution in [3.05, 3.63) is 0 Å². The third-order valence-corrected chi connectivity index (χ3v) is 3.41. The van der Waals surface area contributed by atoms with E-state index in [1.807, 2.05) is 0 Å². The molecule has 1 N–H and O–H groups in total. The molecule has 0 aromatic rings. The van der Waals surface area contributed by atoms with Crippen LogP contribution in [0.3, 0.4) is 0 Å². The third-order valence-electron chi connectivity index (χ3n) is 3.41. The van der Waals surface area contributed by atoms with Crippen molar-refractivity contribution in [1.29, 1.82) is 0 Å². The Bertz CT molecular complexity index is 433. The number of hydrogen-bond acceptors (Lipinski definition) is 2. The molecule has 2 atom stereocenters. The van der Waals surface area contributed by atoms with Crippen LogP contribution in [0.2, 0.25) is 0 Å². The smallest absolute Gasteiger partial charge is 0.342 e. The molecule has 1 heterocycles. The van der Waals surface area contributed by atoms with E-state index in [4.69, 9.17) is 0 Å². The Morgan fingerprint density at radius 1 is 1.00 bits per heavy atom. The maximum Gasteiger partial charge on any atom is 0.406 e. The van der Waals surface area contributed by atoms with Gasteiger partial charge in [-0.05, 0) is 10.8 Å². The summed E-state index contributed by atoms with van der Waals surface area (Å²) in [6, 6.07) is -2.09. The average Bonchev–Trinajstić information content (AvgIpc) is 2.17.